The minimum absolute atomic E-state index is 0.0216. The maximum Gasteiger partial charge on any atom is 0.337 e. The molecule has 2 heterocycles. The van der Waals surface area contributed by atoms with Gasteiger partial charge in [-0.05, 0) is 18.9 Å². The normalized spacial score (nSPS) is 10.9. The summed E-state index contributed by atoms with van der Waals surface area (Å²) in [6.07, 6.45) is 6.42. The fourth-order valence-electron chi connectivity index (χ4n) is 3.43. The summed E-state index contributed by atoms with van der Waals surface area (Å²) in [5, 5.41) is 9.34. The summed E-state index contributed by atoms with van der Waals surface area (Å²) in [5.74, 6) is -0.973. The summed E-state index contributed by atoms with van der Waals surface area (Å²) in [5.41, 5.74) is 3.90. The molecule has 0 spiro atoms. The fraction of sp³-hybridized carbons (Fsp3) is 0.318. The quantitative estimate of drug-likeness (QED) is 0.613. The van der Waals surface area contributed by atoms with Crippen LogP contribution in [0, 0.1) is 0 Å². The van der Waals surface area contributed by atoms with E-state index >= 15 is 0 Å². The van der Waals surface area contributed by atoms with Crippen LogP contribution in [0.1, 0.15) is 41.9 Å². The molecule has 0 saturated carbocycles. The number of hydrogen-bond donors (Lipinski definition) is 1. The van der Waals surface area contributed by atoms with Crippen LogP contribution in [0.4, 0.5) is 0 Å². The molecule has 6 heteroatoms. The number of Topliss-reactive ketones (excluding diaryl/α,β-unsaturated/α-hetero) is 1. The van der Waals surface area contributed by atoms with Crippen molar-refractivity contribution in [2.24, 2.45) is 0 Å². The number of imidazole rings is 1. The monoisotopic (exact) mass is 379 g/mol. The van der Waals surface area contributed by atoms with Gasteiger partial charge in [-0.25, -0.2) is 9.78 Å². The third kappa shape index (κ3) is 4.22. The van der Waals surface area contributed by atoms with Gasteiger partial charge in [0.2, 0.25) is 0 Å². The van der Waals surface area contributed by atoms with Gasteiger partial charge < -0.3 is 14.2 Å². The van der Waals surface area contributed by atoms with Gasteiger partial charge in [0.15, 0.2) is 0 Å². The molecule has 2 aromatic heterocycles. The van der Waals surface area contributed by atoms with E-state index in [4.69, 9.17) is 0 Å². The first kappa shape index (κ1) is 19.6. The van der Waals surface area contributed by atoms with Crippen LogP contribution >= 0.6 is 0 Å². The number of hydrogen-bond acceptors (Lipinski definition) is 3. The van der Waals surface area contributed by atoms with Crippen LogP contribution < -0.4 is 0 Å². The van der Waals surface area contributed by atoms with Crippen molar-refractivity contribution in [2.45, 2.75) is 46.2 Å². The number of carbonyl (C=O) groups is 2. The van der Waals surface area contributed by atoms with Crippen molar-refractivity contribution < 1.29 is 14.7 Å². The Labute approximate surface area is 164 Å². The van der Waals surface area contributed by atoms with Gasteiger partial charge in [-0.15, -0.1) is 0 Å². The van der Waals surface area contributed by atoms with Gasteiger partial charge in [0.25, 0.3) is 0 Å². The van der Waals surface area contributed by atoms with Crippen LogP contribution in [-0.2, 0) is 30.7 Å². The largest absolute Gasteiger partial charge is 0.478 e. The minimum atomic E-state index is -0.995. The van der Waals surface area contributed by atoms with Crippen molar-refractivity contribution in [2.75, 3.05) is 0 Å². The van der Waals surface area contributed by atoms with Crippen LogP contribution in [0.3, 0.4) is 0 Å². The summed E-state index contributed by atoms with van der Waals surface area (Å²) in [7, 11) is 0. The molecule has 0 bridgehead atoms. The smallest absolute Gasteiger partial charge is 0.337 e. The van der Waals surface area contributed by atoms with Crippen molar-refractivity contribution in [1.29, 1.82) is 0 Å². The second-order valence-corrected chi connectivity index (χ2v) is 6.75. The molecule has 146 valence electrons. The van der Waals surface area contributed by atoms with Gasteiger partial charge >= 0.3 is 5.97 Å². The third-order valence-electron chi connectivity index (χ3n) is 4.91. The van der Waals surface area contributed by atoms with E-state index in [-0.39, 0.29) is 17.8 Å². The number of ketones is 1. The molecule has 0 unspecified atom stereocenters. The molecule has 1 aromatic carbocycles. The van der Waals surface area contributed by atoms with Crippen molar-refractivity contribution in [1.82, 2.24) is 14.1 Å². The number of carbonyl (C=O) groups excluding carboxylic acids is 1. The first-order chi connectivity index (χ1) is 13.5. The number of benzene rings is 1. The van der Waals surface area contributed by atoms with E-state index in [0.29, 0.717) is 25.1 Å². The Morgan fingerprint density at radius 3 is 2.50 bits per heavy atom. The highest BCUT2D eigenvalue weighted by atomic mass is 16.4. The van der Waals surface area contributed by atoms with E-state index in [1.807, 2.05) is 41.8 Å². The topological polar surface area (TPSA) is 77.1 Å². The lowest BCUT2D eigenvalue weighted by atomic mass is 10.1. The standard InChI is InChI=1S/C22H25N3O3/c1-3-20-21(16-8-6-5-7-9-16)23-15-25(20)11-10-18(26)12-17-13-24(4-2)14-19(17)22(27)28/h5-9,13-15H,3-4,10-12H2,1-2H3,(H,27,28). The first-order valence-corrected chi connectivity index (χ1v) is 9.56. The molecule has 28 heavy (non-hydrogen) atoms. The van der Waals surface area contributed by atoms with Gasteiger partial charge in [0.1, 0.15) is 5.78 Å². The first-order valence-electron chi connectivity index (χ1n) is 9.56. The zero-order valence-electron chi connectivity index (χ0n) is 16.3. The van der Waals surface area contributed by atoms with Crippen LogP contribution in [0.15, 0.2) is 49.1 Å². The SMILES string of the molecule is CCc1c(-c2ccccc2)ncn1CCC(=O)Cc1cn(CC)cc1C(=O)O. The van der Waals surface area contributed by atoms with E-state index in [1.54, 1.807) is 23.3 Å². The highest BCUT2D eigenvalue weighted by Gasteiger charge is 2.17. The highest BCUT2D eigenvalue weighted by molar-refractivity contribution is 5.92. The molecule has 0 aliphatic rings. The Morgan fingerprint density at radius 2 is 1.86 bits per heavy atom. The lowest BCUT2D eigenvalue weighted by Crippen LogP contribution is -2.11. The van der Waals surface area contributed by atoms with E-state index in [9.17, 15) is 14.7 Å². The van der Waals surface area contributed by atoms with Crippen LogP contribution in [-0.4, -0.2) is 31.0 Å². The van der Waals surface area contributed by atoms with E-state index in [2.05, 4.69) is 11.9 Å². The Morgan fingerprint density at radius 1 is 1.11 bits per heavy atom. The van der Waals surface area contributed by atoms with Crippen molar-refractivity contribution in [3.63, 3.8) is 0 Å². The minimum Gasteiger partial charge on any atom is -0.478 e. The lowest BCUT2D eigenvalue weighted by molar-refractivity contribution is -0.118. The molecule has 3 aromatic rings. The van der Waals surface area contributed by atoms with Crippen molar-refractivity contribution >= 4 is 11.8 Å². The van der Waals surface area contributed by atoms with Crippen LogP contribution in [0.2, 0.25) is 0 Å². The number of aryl methyl sites for hydroxylation is 2. The number of rotatable bonds is 9. The molecule has 0 fully saturated rings. The van der Waals surface area contributed by atoms with E-state index in [0.717, 1.165) is 23.4 Å². The van der Waals surface area contributed by atoms with Crippen LogP contribution in [0.5, 0.6) is 0 Å². The van der Waals surface area contributed by atoms with Gasteiger partial charge in [-0.1, -0.05) is 37.3 Å². The molecule has 0 saturated heterocycles. The highest BCUT2D eigenvalue weighted by Crippen LogP contribution is 2.23. The molecule has 3 rings (SSSR count). The predicted octanol–water partition coefficient (Wildman–Crippen LogP) is 3.83. The Balaban J connectivity index is 1.70. The zero-order chi connectivity index (χ0) is 20.1. The summed E-state index contributed by atoms with van der Waals surface area (Å²) < 4.78 is 3.82. The van der Waals surface area contributed by atoms with Gasteiger partial charge in [0, 0.05) is 49.6 Å². The van der Waals surface area contributed by atoms with Crippen LogP contribution in [0.25, 0.3) is 11.3 Å². The number of aromatic carboxylic acids is 1. The van der Waals surface area contributed by atoms with Crippen molar-refractivity contribution in [3.05, 3.63) is 65.9 Å². The number of nitrogens with zero attached hydrogens (tertiary/aromatic N) is 3. The molecular formula is C22H25N3O3. The summed E-state index contributed by atoms with van der Waals surface area (Å²) >= 11 is 0. The summed E-state index contributed by atoms with van der Waals surface area (Å²) in [4.78, 5) is 28.4. The molecule has 0 atom stereocenters. The van der Waals surface area contributed by atoms with E-state index in [1.165, 1.54) is 0 Å². The molecule has 0 aliphatic carbocycles. The molecule has 6 nitrogen and oxygen atoms in total. The molecule has 0 amide bonds. The van der Waals surface area contributed by atoms with Gasteiger partial charge in [0.05, 0.1) is 17.6 Å². The van der Waals surface area contributed by atoms with E-state index < -0.39 is 5.97 Å². The Bertz CT molecular complexity index is 970. The third-order valence-corrected chi connectivity index (χ3v) is 4.91. The molecule has 0 radical (unpaired) electrons. The Kier molecular flexibility index (Phi) is 6.09. The predicted molar refractivity (Wildman–Crippen MR) is 107 cm³/mol. The maximum absolute atomic E-state index is 12.5. The second kappa shape index (κ2) is 8.69. The lowest BCUT2D eigenvalue weighted by Gasteiger charge is -2.08. The summed E-state index contributed by atoms with van der Waals surface area (Å²) in [6.45, 7) is 5.23. The zero-order valence-corrected chi connectivity index (χ0v) is 16.3. The number of carboxylic acids is 1. The number of aromatic nitrogens is 3. The number of carboxylic acid groups (broad SMARTS) is 1. The second-order valence-electron chi connectivity index (χ2n) is 6.75. The molecule has 0 aliphatic heterocycles. The Hall–Kier alpha value is -3.15. The molecule has 1 N–H and O–H groups in total. The van der Waals surface area contributed by atoms with Gasteiger partial charge in [-0.2, -0.15) is 0 Å². The average Bonchev–Trinajstić information content (AvgIpc) is 3.30. The summed E-state index contributed by atoms with van der Waals surface area (Å²) in [6, 6.07) is 10.0. The fourth-order valence-corrected chi connectivity index (χ4v) is 3.43. The average molecular weight is 379 g/mol. The van der Waals surface area contributed by atoms with Crippen molar-refractivity contribution in [3.8, 4) is 11.3 Å². The maximum atomic E-state index is 12.5. The molecular weight excluding hydrogens is 354 g/mol. The van der Waals surface area contributed by atoms with Gasteiger partial charge in [-0.3, -0.25) is 4.79 Å².